The van der Waals surface area contributed by atoms with Gasteiger partial charge >= 0.3 is 11.9 Å². The first-order valence-electron chi connectivity index (χ1n) is 7.15. The van der Waals surface area contributed by atoms with Crippen LogP contribution in [0.5, 0.6) is 5.75 Å². The molecular weight excluding hydrogens is 382 g/mol. The molecule has 0 spiro atoms. The van der Waals surface area contributed by atoms with Gasteiger partial charge in [-0.05, 0) is 40.0 Å². The van der Waals surface area contributed by atoms with Gasteiger partial charge in [-0.15, -0.1) is 0 Å². The fraction of sp³-hybridized carbons (Fsp3) is 0.438. The molecular formula is C16H20BrNO6. The summed E-state index contributed by atoms with van der Waals surface area (Å²) in [6, 6.07) is 5.50. The minimum Gasteiger partial charge on any atom is -0.496 e. The zero-order valence-corrected chi connectivity index (χ0v) is 15.4. The van der Waals surface area contributed by atoms with E-state index in [2.05, 4.69) is 25.4 Å². The smallest absolute Gasteiger partial charge is 0.325 e. The van der Waals surface area contributed by atoms with Gasteiger partial charge < -0.3 is 19.1 Å². The van der Waals surface area contributed by atoms with Crippen molar-refractivity contribution < 1.29 is 28.6 Å². The molecule has 0 heterocycles. The maximum atomic E-state index is 12.3. The zero-order valence-electron chi connectivity index (χ0n) is 13.8. The summed E-state index contributed by atoms with van der Waals surface area (Å²) in [5, 5.41) is 0. The van der Waals surface area contributed by atoms with Crippen molar-refractivity contribution in [3.63, 3.8) is 0 Å². The zero-order chi connectivity index (χ0) is 18.1. The van der Waals surface area contributed by atoms with Gasteiger partial charge in [-0.2, -0.15) is 0 Å². The fourth-order valence-corrected chi connectivity index (χ4v) is 2.54. The maximum Gasteiger partial charge on any atom is 0.325 e. The summed E-state index contributed by atoms with van der Waals surface area (Å²) in [4.78, 5) is 36.2. The first kappa shape index (κ1) is 20.0. The first-order chi connectivity index (χ1) is 11.4. The highest BCUT2D eigenvalue weighted by atomic mass is 79.9. The number of hydrogen-bond acceptors (Lipinski definition) is 6. The third-order valence-electron chi connectivity index (χ3n) is 3.29. The average molecular weight is 402 g/mol. The van der Waals surface area contributed by atoms with Crippen molar-refractivity contribution in [2.75, 3.05) is 34.4 Å². The molecule has 0 aliphatic heterocycles. The van der Waals surface area contributed by atoms with Crippen molar-refractivity contribution in [1.29, 1.82) is 0 Å². The number of hydrogen-bond donors (Lipinski definition) is 0. The number of carbonyl (C=O) groups excluding carboxylic acids is 3. The molecule has 0 aliphatic carbocycles. The van der Waals surface area contributed by atoms with Crippen LogP contribution in [-0.2, 0) is 30.3 Å². The van der Waals surface area contributed by atoms with Crippen LogP contribution in [0.15, 0.2) is 22.7 Å². The lowest BCUT2D eigenvalue weighted by Crippen LogP contribution is -2.40. The van der Waals surface area contributed by atoms with Gasteiger partial charge in [0.1, 0.15) is 18.8 Å². The number of carbonyl (C=O) groups is 3. The SMILES string of the molecule is COC(=O)CN(CC(=O)OC)C(=O)CCc1ccc(OC)c(Br)c1. The lowest BCUT2D eigenvalue weighted by molar-refractivity contribution is -0.152. The van der Waals surface area contributed by atoms with Crippen LogP contribution in [0.25, 0.3) is 0 Å². The van der Waals surface area contributed by atoms with E-state index in [1.54, 1.807) is 13.2 Å². The van der Waals surface area contributed by atoms with Gasteiger partial charge in [0.05, 0.1) is 25.8 Å². The summed E-state index contributed by atoms with van der Waals surface area (Å²) >= 11 is 3.38. The second-order valence-electron chi connectivity index (χ2n) is 4.87. The third-order valence-corrected chi connectivity index (χ3v) is 3.91. The lowest BCUT2D eigenvalue weighted by atomic mass is 10.1. The molecule has 1 aromatic carbocycles. The predicted octanol–water partition coefficient (Wildman–Crippen LogP) is 1.56. The van der Waals surface area contributed by atoms with Gasteiger partial charge in [0, 0.05) is 6.42 Å². The van der Waals surface area contributed by atoms with Crippen LogP contribution < -0.4 is 4.74 Å². The van der Waals surface area contributed by atoms with Crippen LogP contribution in [-0.4, -0.2) is 57.2 Å². The van der Waals surface area contributed by atoms with Crippen molar-refractivity contribution in [2.24, 2.45) is 0 Å². The summed E-state index contributed by atoms with van der Waals surface area (Å²) < 4.78 is 15.0. The van der Waals surface area contributed by atoms with Crippen molar-refractivity contribution >= 4 is 33.8 Å². The molecule has 0 saturated carbocycles. The topological polar surface area (TPSA) is 82.1 Å². The number of aryl methyl sites for hydroxylation is 1. The summed E-state index contributed by atoms with van der Waals surface area (Å²) in [5.41, 5.74) is 0.923. The second kappa shape index (κ2) is 9.92. The Bertz CT molecular complexity index is 586. The molecule has 7 nitrogen and oxygen atoms in total. The fourth-order valence-electron chi connectivity index (χ4n) is 1.95. The van der Waals surface area contributed by atoms with Gasteiger partial charge in [-0.25, -0.2) is 0 Å². The van der Waals surface area contributed by atoms with Crippen molar-refractivity contribution in [3.05, 3.63) is 28.2 Å². The summed E-state index contributed by atoms with van der Waals surface area (Å²) in [5.74, 6) is -0.834. The van der Waals surface area contributed by atoms with Gasteiger partial charge in [0.15, 0.2) is 0 Å². The van der Waals surface area contributed by atoms with Crippen molar-refractivity contribution in [2.45, 2.75) is 12.8 Å². The minimum atomic E-state index is -0.598. The number of benzene rings is 1. The number of rotatable bonds is 8. The molecule has 132 valence electrons. The average Bonchev–Trinajstić information content (AvgIpc) is 2.58. The number of esters is 2. The van der Waals surface area contributed by atoms with E-state index in [9.17, 15) is 14.4 Å². The van der Waals surface area contributed by atoms with E-state index in [-0.39, 0.29) is 25.4 Å². The summed E-state index contributed by atoms with van der Waals surface area (Å²) in [7, 11) is 4.01. The molecule has 1 aromatic rings. The summed E-state index contributed by atoms with van der Waals surface area (Å²) in [6.07, 6.45) is 0.604. The molecule has 0 bridgehead atoms. The highest BCUT2D eigenvalue weighted by Gasteiger charge is 2.20. The molecule has 0 radical (unpaired) electrons. The van der Waals surface area contributed by atoms with Gasteiger partial charge in [0.2, 0.25) is 5.91 Å². The largest absolute Gasteiger partial charge is 0.496 e. The van der Waals surface area contributed by atoms with E-state index in [1.807, 2.05) is 12.1 Å². The number of nitrogens with zero attached hydrogens (tertiary/aromatic N) is 1. The van der Waals surface area contributed by atoms with E-state index < -0.39 is 11.9 Å². The molecule has 0 unspecified atom stereocenters. The maximum absolute atomic E-state index is 12.3. The highest BCUT2D eigenvalue weighted by molar-refractivity contribution is 9.10. The molecule has 0 N–H and O–H groups in total. The van der Waals surface area contributed by atoms with E-state index in [1.165, 1.54) is 14.2 Å². The normalized spacial score (nSPS) is 10.0. The number of halogens is 1. The van der Waals surface area contributed by atoms with Gasteiger partial charge in [-0.3, -0.25) is 14.4 Å². The van der Waals surface area contributed by atoms with E-state index >= 15 is 0 Å². The first-order valence-corrected chi connectivity index (χ1v) is 7.94. The van der Waals surface area contributed by atoms with Crippen LogP contribution in [0.1, 0.15) is 12.0 Å². The van der Waals surface area contributed by atoms with Crippen LogP contribution >= 0.6 is 15.9 Å². The Morgan fingerprint density at radius 2 is 1.62 bits per heavy atom. The highest BCUT2D eigenvalue weighted by Crippen LogP contribution is 2.26. The number of ether oxygens (including phenoxy) is 3. The van der Waals surface area contributed by atoms with Crippen LogP contribution in [0.3, 0.4) is 0 Å². The van der Waals surface area contributed by atoms with E-state index in [0.29, 0.717) is 12.2 Å². The van der Waals surface area contributed by atoms with E-state index in [0.717, 1.165) is 14.9 Å². The molecule has 0 fully saturated rings. The van der Waals surface area contributed by atoms with Crippen LogP contribution in [0.2, 0.25) is 0 Å². The standard InChI is InChI=1S/C16H20BrNO6/c1-22-13-6-4-11(8-12(13)17)5-7-14(19)18(9-15(20)23-2)10-16(21)24-3/h4,6,8H,5,7,9-10H2,1-3H3. The van der Waals surface area contributed by atoms with Crippen molar-refractivity contribution in [1.82, 2.24) is 4.90 Å². The van der Waals surface area contributed by atoms with Gasteiger partial charge in [-0.1, -0.05) is 6.07 Å². The van der Waals surface area contributed by atoms with Gasteiger partial charge in [0.25, 0.3) is 0 Å². The Labute approximate surface area is 149 Å². The molecule has 1 amide bonds. The predicted molar refractivity (Wildman–Crippen MR) is 89.6 cm³/mol. The molecule has 1 rings (SSSR count). The third kappa shape index (κ3) is 6.19. The molecule has 0 atom stereocenters. The number of methoxy groups -OCH3 is 3. The van der Waals surface area contributed by atoms with Crippen LogP contribution in [0.4, 0.5) is 0 Å². The molecule has 0 aromatic heterocycles. The van der Waals surface area contributed by atoms with Crippen LogP contribution in [0, 0.1) is 0 Å². The quantitative estimate of drug-likeness (QED) is 0.614. The Morgan fingerprint density at radius 3 is 2.08 bits per heavy atom. The monoisotopic (exact) mass is 401 g/mol. The second-order valence-corrected chi connectivity index (χ2v) is 5.73. The lowest BCUT2D eigenvalue weighted by Gasteiger charge is -2.20. The number of amides is 1. The Hall–Kier alpha value is -2.09. The molecule has 0 saturated heterocycles. The minimum absolute atomic E-state index is 0.146. The Balaban J connectivity index is 2.71. The Kier molecular flexibility index (Phi) is 8.25. The van der Waals surface area contributed by atoms with Crippen molar-refractivity contribution in [3.8, 4) is 5.75 Å². The summed E-state index contributed by atoms with van der Waals surface area (Å²) in [6.45, 7) is -0.590. The Morgan fingerprint density at radius 1 is 1.04 bits per heavy atom. The van der Waals surface area contributed by atoms with E-state index in [4.69, 9.17) is 4.74 Å². The molecule has 8 heteroatoms. The molecule has 24 heavy (non-hydrogen) atoms. The molecule has 0 aliphatic rings.